The van der Waals surface area contributed by atoms with Crippen molar-refractivity contribution in [1.82, 2.24) is 0 Å². The van der Waals surface area contributed by atoms with E-state index in [0.717, 1.165) is 18.0 Å². The maximum absolute atomic E-state index is 11.7. The molecule has 3 amide bonds. The summed E-state index contributed by atoms with van der Waals surface area (Å²) in [7, 11) is 0. The molecular formula is C16H13N3O3. The molecule has 0 saturated carbocycles. The van der Waals surface area contributed by atoms with Crippen LogP contribution in [-0.4, -0.2) is 30.2 Å². The number of aliphatic imine (C=N–C) groups is 2. The van der Waals surface area contributed by atoms with Crippen molar-refractivity contribution in [2.45, 2.75) is 6.42 Å². The van der Waals surface area contributed by atoms with E-state index in [0.29, 0.717) is 5.69 Å². The zero-order valence-electron chi connectivity index (χ0n) is 11.6. The molecule has 6 nitrogen and oxygen atoms in total. The SMILES string of the molecule is O=C1C=NC(=O)C/C=C/C=C/c2ccccc2NC(=O)C=N1. The number of nitrogens with zero attached hydrogens (tertiary/aromatic N) is 2. The van der Waals surface area contributed by atoms with Gasteiger partial charge in [-0.15, -0.1) is 0 Å². The van der Waals surface area contributed by atoms with Gasteiger partial charge in [0.05, 0.1) is 12.4 Å². The summed E-state index contributed by atoms with van der Waals surface area (Å²) in [5, 5.41) is 2.63. The molecule has 0 aromatic heterocycles. The number of benzene rings is 1. The van der Waals surface area contributed by atoms with Gasteiger partial charge in [-0.2, -0.15) is 0 Å². The number of anilines is 1. The molecule has 1 aromatic carbocycles. The topological polar surface area (TPSA) is 88.0 Å². The molecule has 2 rings (SSSR count). The molecule has 1 aliphatic rings. The van der Waals surface area contributed by atoms with E-state index >= 15 is 0 Å². The number of fused-ring (bicyclic) bond motifs is 1. The zero-order valence-corrected chi connectivity index (χ0v) is 11.6. The molecule has 1 aromatic rings. The number of nitrogens with one attached hydrogen (secondary N) is 1. The van der Waals surface area contributed by atoms with Crippen molar-refractivity contribution in [3.8, 4) is 0 Å². The van der Waals surface area contributed by atoms with Crippen LogP contribution in [0.15, 0.2) is 52.5 Å². The smallest absolute Gasteiger partial charge is 0.288 e. The van der Waals surface area contributed by atoms with Crippen LogP contribution in [0, 0.1) is 0 Å². The maximum atomic E-state index is 11.7. The van der Waals surface area contributed by atoms with Crippen LogP contribution in [0.2, 0.25) is 0 Å². The highest BCUT2D eigenvalue weighted by Gasteiger charge is 2.04. The number of carbonyl (C=O) groups is 3. The predicted molar refractivity (Wildman–Crippen MR) is 84.9 cm³/mol. The first-order valence-corrected chi connectivity index (χ1v) is 6.53. The molecule has 6 heteroatoms. The Balaban J connectivity index is 2.31. The molecule has 1 aliphatic heterocycles. The van der Waals surface area contributed by atoms with Gasteiger partial charge in [0.15, 0.2) is 0 Å². The quantitative estimate of drug-likeness (QED) is 0.791. The van der Waals surface area contributed by atoms with E-state index in [4.69, 9.17) is 0 Å². The molecule has 0 fully saturated rings. The number of hydrogen-bond donors (Lipinski definition) is 1. The summed E-state index contributed by atoms with van der Waals surface area (Å²) in [4.78, 5) is 41.3. The third kappa shape index (κ3) is 4.75. The minimum atomic E-state index is -0.770. The Morgan fingerprint density at radius 3 is 2.64 bits per heavy atom. The van der Waals surface area contributed by atoms with E-state index in [9.17, 15) is 14.4 Å². The van der Waals surface area contributed by atoms with Crippen LogP contribution in [0.1, 0.15) is 12.0 Å². The van der Waals surface area contributed by atoms with Gasteiger partial charge in [0, 0.05) is 12.1 Å². The average molecular weight is 295 g/mol. The second-order valence-corrected chi connectivity index (χ2v) is 4.32. The molecule has 0 aliphatic carbocycles. The lowest BCUT2D eigenvalue weighted by Gasteiger charge is -2.05. The van der Waals surface area contributed by atoms with Crippen LogP contribution in [-0.2, 0) is 14.4 Å². The fourth-order valence-corrected chi connectivity index (χ4v) is 1.66. The third-order valence-electron chi connectivity index (χ3n) is 2.66. The summed E-state index contributed by atoms with van der Waals surface area (Å²) in [6.07, 6.45) is 8.61. The molecule has 1 heterocycles. The number of allylic oxidation sites excluding steroid dienone is 2. The molecule has 0 spiro atoms. The Hall–Kier alpha value is -3.15. The van der Waals surface area contributed by atoms with E-state index < -0.39 is 17.7 Å². The van der Waals surface area contributed by atoms with Crippen LogP contribution < -0.4 is 5.32 Å². The number of hydrogen-bond acceptors (Lipinski definition) is 3. The van der Waals surface area contributed by atoms with E-state index in [-0.39, 0.29) is 6.42 Å². The van der Waals surface area contributed by atoms with E-state index in [1.54, 1.807) is 36.4 Å². The van der Waals surface area contributed by atoms with Gasteiger partial charge in [-0.1, -0.05) is 42.5 Å². The summed E-state index contributed by atoms with van der Waals surface area (Å²) in [5.41, 5.74) is 1.38. The number of amides is 3. The van der Waals surface area contributed by atoms with Crippen molar-refractivity contribution in [3.05, 3.63) is 48.1 Å². The minimum Gasteiger partial charge on any atom is -0.321 e. The fraction of sp³-hybridized carbons (Fsp3) is 0.0625. The highest BCUT2D eigenvalue weighted by molar-refractivity contribution is 6.38. The predicted octanol–water partition coefficient (Wildman–Crippen LogP) is 1.79. The highest BCUT2D eigenvalue weighted by Crippen LogP contribution is 2.16. The largest absolute Gasteiger partial charge is 0.321 e. The molecule has 0 atom stereocenters. The highest BCUT2D eigenvalue weighted by atomic mass is 16.2. The maximum Gasteiger partial charge on any atom is 0.288 e. The lowest BCUT2D eigenvalue weighted by atomic mass is 10.1. The van der Waals surface area contributed by atoms with Gasteiger partial charge in [-0.05, 0) is 11.6 Å². The molecule has 0 bridgehead atoms. The molecule has 1 N–H and O–H groups in total. The molecule has 0 saturated heterocycles. The van der Waals surface area contributed by atoms with Crippen molar-refractivity contribution in [2.24, 2.45) is 9.98 Å². The monoisotopic (exact) mass is 295 g/mol. The van der Waals surface area contributed by atoms with Crippen molar-refractivity contribution in [1.29, 1.82) is 0 Å². The first-order chi connectivity index (χ1) is 10.6. The summed E-state index contributed by atoms with van der Waals surface area (Å²) in [6, 6.07) is 7.18. The molecule has 0 unspecified atom stereocenters. The molecular weight excluding hydrogens is 282 g/mol. The van der Waals surface area contributed by atoms with Crippen molar-refractivity contribution in [2.75, 3.05) is 5.32 Å². The van der Waals surface area contributed by atoms with E-state index in [1.807, 2.05) is 12.1 Å². The Morgan fingerprint density at radius 2 is 1.77 bits per heavy atom. The van der Waals surface area contributed by atoms with Gasteiger partial charge in [-0.25, -0.2) is 9.98 Å². The Labute approximate surface area is 127 Å². The summed E-state index contributed by atoms with van der Waals surface area (Å²) < 4.78 is 0. The Morgan fingerprint density at radius 1 is 0.955 bits per heavy atom. The lowest BCUT2D eigenvalue weighted by Crippen LogP contribution is -2.14. The van der Waals surface area contributed by atoms with E-state index in [2.05, 4.69) is 15.3 Å². The van der Waals surface area contributed by atoms with Gasteiger partial charge in [0.1, 0.15) is 0 Å². The van der Waals surface area contributed by atoms with Crippen molar-refractivity contribution in [3.63, 3.8) is 0 Å². The molecule has 0 radical (unpaired) electrons. The van der Waals surface area contributed by atoms with Gasteiger partial charge in [-0.3, -0.25) is 14.4 Å². The third-order valence-corrected chi connectivity index (χ3v) is 2.66. The number of para-hydroxylation sites is 1. The second-order valence-electron chi connectivity index (χ2n) is 4.32. The fourth-order valence-electron chi connectivity index (χ4n) is 1.66. The summed E-state index contributed by atoms with van der Waals surface area (Å²) >= 11 is 0. The minimum absolute atomic E-state index is 0.0800. The normalized spacial score (nSPS) is 18.8. The van der Waals surface area contributed by atoms with E-state index in [1.165, 1.54) is 0 Å². The van der Waals surface area contributed by atoms with Gasteiger partial charge < -0.3 is 5.32 Å². The number of carbonyl (C=O) groups excluding carboxylic acids is 3. The van der Waals surface area contributed by atoms with Crippen LogP contribution in [0.3, 0.4) is 0 Å². The van der Waals surface area contributed by atoms with Gasteiger partial charge >= 0.3 is 0 Å². The summed E-state index contributed by atoms with van der Waals surface area (Å²) in [5.74, 6) is -1.78. The average Bonchev–Trinajstić information content (AvgIpc) is 2.51. The zero-order chi connectivity index (χ0) is 15.8. The Bertz CT molecular complexity index is 715. The van der Waals surface area contributed by atoms with Crippen molar-refractivity contribution >= 4 is 41.9 Å². The first kappa shape index (κ1) is 15.2. The van der Waals surface area contributed by atoms with Gasteiger partial charge in [0.25, 0.3) is 11.8 Å². The van der Waals surface area contributed by atoms with Crippen LogP contribution in [0.4, 0.5) is 5.69 Å². The van der Waals surface area contributed by atoms with Crippen molar-refractivity contribution < 1.29 is 14.4 Å². The van der Waals surface area contributed by atoms with Crippen LogP contribution >= 0.6 is 0 Å². The Kier molecular flexibility index (Phi) is 5.25. The number of rotatable bonds is 0. The van der Waals surface area contributed by atoms with Crippen LogP contribution in [0.25, 0.3) is 6.08 Å². The first-order valence-electron chi connectivity index (χ1n) is 6.53. The molecule has 110 valence electrons. The van der Waals surface area contributed by atoms with Crippen LogP contribution in [0.5, 0.6) is 0 Å². The lowest BCUT2D eigenvalue weighted by molar-refractivity contribution is -0.117. The standard InChI is InChI=1S/C16H13N3O3/c20-14-9-3-1-2-6-12-7-4-5-8-13(12)19-16(22)11-18-15(21)10-17-14/h1-8,10-11H,9H2,(H,19,22)/b3-1+,6-2+,17-10?,18-11?. The summed E-state index contributed by atoms with van der Waals surface area (Å²) in [6.45, 7) is 0. The molecule has 22 heavy (non-hydrogen) atoms. The van der Waals surface area contributed by atoms with Gasteiger partial charge in [0.2, 0.25) is 5.91 Å². The second kappa shape index (κ2) is 7.58.